The first-order valence-electron chi connectivity index (χ1n) is 5.26. The molecule has 1 aromatic heterocycles. The van der Waals surface area contributed by atoms with Crippen LogP contribution in [0.25, 0.3) is 0 Å². The fraction of sp³-hybridized carbons (Fsp3) is 0.500. The van der Waals surface area contributed by atoms with Gasteiger partial charge >= 0.3 is 0 Å². The Morgan fingerprint density at radius 2 is 2.12 bits per heavy atom. The summed E-state index contributed by atoms with van der Waals surface area (Å²) in [6.07, 6.45) is 1.44. The summed E-state index contributed by atoms with van der Waals surface area (Å²) in [4.78, 5) is 21.3. The molecule has 1 aromatic rings. The number of carbonyl (C=O) groups excluding carboxylic acids is 1. The maximum absolute atomic E-state index is 11.6. The topological polar surface area (TPSA) is 70.2 Å². The number of amides is 1. The van der Waals surface area contributed by atoms with Crippen LogP contribution in [0.2, 0.25) is 0 Å². The molecule has 17 heavy (non-hydrogen) atoms. The Bertz CT molecular complexity index is 398. The van der Waals surface area contributed by atoms with Crippen molar-refractivity contribution in [3.05, 3.63) is 10.8 Å². The second-order valence-corrected chi connectivity index (χ2v) is 4.19. The van der Waals surface area contributed by atoms with Gasteiger partial charge in [-0.2, -0.15) is 0 Å². The summed E-state index contributed by atoms with van der Waals surface area (Å²) in [6, 6.07) is 0. The van der Waals surface area contributed by atoms with Gasteiger partial charge in [-0.1, -0.05) is 0 Å². The number of nitrogens with one attached hydrogen (secondary N) is 2. The van der Waals surface area contributed by atoms with E-state index in [2.05, 4.69) is 36.5 Å². The average Bonchev–Trinajstić information content (AvgIpc) is 2.36. The average molecular weight is 302 g/mol. The number of aromatic nitrogens is 2. The van der Waals surface area contributed by atoms with Crippen LogP contribution in [0.1, 0.15) is 6.92 Å². The van der Waals surface area contributed by atoms with Gasteiger partial charge in [-0.25, -0.2) is 9.97 Å². The SMILES string of the molecule is CCN(C)C(=O)CNc1ncnc(NC)c1Br. The molecule has 1 rings (SSSR count). The molecule has 0 spiro atoms. The molecule has 0 fully saturated rings. The van der Waals surface area contributed by atoms with Crippen molar-refractivity contribution in [1.82, 2.24) is 14.9 Å². The van der Waals surface area contributed by atoms with Crippen molar-refractivity contribution in [2.75, 3.05) is 37.8 Å². The number of carbonyl (C=O) groups is 1. The van der Waals surface area contributed by atoms with E-state index in [1.165, 1.54) is 6.33 Å². The standard InChI is InChI=1S/C10H16BrN5O/c1-4-16(3)7(17)5-13-10-8(11)9(12-2)14-6-15-10/h6H,4-5H2,1-3H3,(H2,12,13,14,15). The number of hydrogen-bond donors (Lipinski definition) is 2. The second-order valence-electron chi connectivity index (χ2n) is 3.40. The van der Waals surface area contributed by atoms with Gasteiger partial charge in [0.2, 0.25) is 5.91 Å². The van der Waals surface area contributed by atoms with Crippen LogP contribution in [-0.4, -0.2) is 48.0 Å². The first kappa shape index (κ1) is 13.7. The Hall–Kier alpha value is -1.37. The molecule has 1 amide bonds. The van der Waals surface area contributed by atoms with Gasteiger partial charge in [-0.15, -0.1) is 0 Å². The van der Waals surface area contributed by atoms with Crippen molar-refractivity contribution in [3.63, 3.8) is 0 Å². The normalized spacial score (nSPS) is 9.88. The van der Waals surface area contributed by atoms with E-state index >= 15 is 0 Å². The minimum atomic E-state index is 0.0176. The molecule has 0 aliphatic heterocycles. The third-order valence-electron chi connectivity index (χ3n) is 2.33. The van der Waals surface area contributed by atoms with Gasteiger partial charge in [0.25, 0.3) is 0 Å². The zero-order valence-electron chi connectivity index (χ0n) is 10.1. The molecule has 0 saturated carbocycles. The summed E-state index contributed by atoms with van der Waals surface area (Å²) in [5.41, 5.74) is 0. The predicted octanol–water partition coefficient (Wildman–Crippen LogP) is 1.17. The second kappa shape index (κ2) is 6.39. The first-order chi connectivity index (χ1) is 8.10. The predicted molar refractivity (Wildman–Crippen MR) is 71.1 cm³/mol. The summed E-state index contributed by atoms with van der Waals surface area (Å²) in [5, 5.41) is 5.90. The van der Waals surface area contributed by atoms with Crippen molar-refractivity contribution in [2.45, 2.75) is 6.92 Å². The molecule has 0 unspecified atom stereocenters. The minimum Gasteiger partial charge on any atom is -0.372 e. The van der Waals surface area contributed by atoms with Gasteiger partial charge in [0.1, 0.15) is 22.4 Å². The van der Waals surface area contributed by atoms with E-state index in [4.69, 9.17) is 0 Å². The molecule has 0 radical (unpaired) electrons. The van der Waals surface area contributed by atoms with E-state index in [-0.39, 0.29) is 12.5 Å². The molecule has 0 atom stereocenters. The Kier molecular flexibility index (Phi) is 5.14. The molecule has 0 saturated heterocycles. The van der Waals surface area contributed by atoms with Crippen molar-refractivity contribution in [1.29, 1.82) is 0 Å². The number of anilines is 2. The largest absolute Gasteiger partial charge is 0.372 e. The highest BCUT2D eigenvalue weighted by Gasteiger charge is 2.10. The molecule has 6 nitrogen and oxygen atoms in total. The highest BCUT2D eigenvalue weighted by atomic mass is 79.9. The molecule has 2 N–H and O–H groups in total. The fourth-order valence-electron chi connectivity index (χ4n) is 1.14. The van der Waals surface area contributed by atoms with Gasteiger partial charge in [-0.05, 0) is 22.9 Å². The summed E-state index contributed by atoms with van der Waals surface area (Å²) in [5.74, 6) is 1.30. The van der Waals surface area contributed by atoms with Gasteiger partial charge in [0, 0.05) is 20.6 Å². The molecule has 0 aromatic carbocycles. The quantitative estimate of drug-likeness (QED) is 0.854. The van der Waals surface area contributed by atoms with E-state index in [0.717, 1.165) is 4.47 Å². The van der Waals surface area contributed by atoms with Crippen molar-refractivity contribution in [3.8, 4) is 0 Å². The molecule has 94 valence electrons. The smallest absolute Gasteiger partial charge is 0.241 e. The lowest BCUT2D eigenvalue weighted by Gasteiger charge is -2.15. The van der Waals surface area contributed by atoms with Crippen LogP contribution >= 0.6 is 15.9 Å². The highest BCUT2D eigenvalue weighted by molar-refractivity contribution is 9.10. The van der Waals surface area contributed by atoms with Gasteiger partial charge in [0.15, 0.2) is 0 Å². The minimum absolute atomic E-state index is 0.0176. The monoisotopic (exact) mass is 301 g/mol. The highest BCUT2D eigenvalue weighted by Crippen LogP contribution is 2.25. The maximum Gasteiger partial charge on any atom is 0.241 e. The molecule has 1 heterocycles. The summed E-state index contributed by atoms with van der Waals surface area (Å²) >= 11 is 3.37. The molecule has 0 aliphatic rings. The van der Waals surface area contributed by atoms with Crippen LogP contribution in [0.4, 0.5) is 11.6 Å². The lowest BCUT2D eigenvalue weighted by Crippen LogP contribution is -2.32. The number of likely N-dealkylation sites (N-methyl/N-ethyl adjacent to an activating group) is 1. The Labute approximate surface area is 109 Å². The molecular formula is C10H16BrN5O. The van der Waals surface area contributed by atoms with Crippen molar-refractivity contribution < 1.29 is 4.79 Å². The van der Waals surface area contributed by atoms with E-state index in [9.17, 15) is 4.79 Å². The van der Waals surface area contributed by atoms with E-state index in [1.54, 1.807) is 19.0 Å². The summed E-state index contributed by atoms with van der Waals surface area (Å²) in [6.45, 7) is 2.83. The number of nitrogens with zero attached hydrogens (tertiary/aromatic N) is 3. The zero-order valence-corrected chi connectivity index (χ0v) is 11.7. The van der Waals surface area contributed by atoms with Gasteiger partial charge in [-0.3, -0.25) is 4.79 Å². The van der Waals surface area contributed by atoms with Gasteiger partial charge < -0.3 is 15.5 Å². The van der Waals surface area contributed by atoms with E-state index in [1.807, 2.05) is 6.92 Å². The summed E-state index contributed by atoms with van der Waals surface area (Å²) < 4.78 is 0.717. The van der Waals surface area contributed by atoms with E-state index in [0.29, 0.717) is 18.2 Å². The van der Waals surface area contributed by atoms with Crippen LogP contribution < -0.4 is 10.6 Å². The maximum atomic E-state index is 11.6. The van der Waals surface area contributed by atoms with Crippen LogP contribution in [0.5, 0.6) is 0 Å². The molecule has 7 heteroatoms. The zero-order chi connectivity index (χ0) is 12.8. The van der Waals surface area contributed by atoms with Crippen LogP contribution in [0, 0.1) is 0 Å². The van der Waals surface area contributed by atoms with Gasteiger partial charge in [0.05, 0.1) is 6.54 Å². The van der Waals surface area contributed by atoms with Crippen molar-refractivity contribution >= 4 is 33.5 Å². The van der Waals surface area contributed by atoms with Crippen LogP contribution in [0.3, 0.4) is 0 Å². The van der Waals surface area contributed by atoms with Crippen LogP contribution in [-0.2, 0) is 4.79 Å². The summed E-state index contributed by atoms with van der Waals surface area (Å²) in [7, 11) is 3.53. The molecular weight excluding hydrogens is 286 g/mol. The first-order valence-corrected chi connectivity index (χ1v) is 6.05. The lowest BCUT2D eigenvalue weighted by molar-refractivity contribution is -0.127. The lowest BCUT2D eigenvalue weighted by atomic mass is 10.4. The fourth-order valence-corrected chi connectivity index (χ4v) is 1.68. The third-order valence-corrected chi connectivity index (χ3v) is 3.08. The number of rotatable bonds is 5. The Balaban J connectivity index is 2.67. The number of halogens is 1. The Morgan fingerprint density at radius 3 is 2.71 bits per heavy atom. The van der Waals surface area contributed by atoms with Crippen LogP contribution in [0.15, 0.2) is 10.8 Å². The number of hydrogen-bond acceptors (Lipinski definition) is 5. The third kappa shape index (κ3) is 3.55. The van der Waals surface area contributed by atoms with Crippen molar-refractivity contribution in [2.24, 2.45) is 0 Å². The van der Waals surface area contributed by atoms with E-state index < -0.39 is 0 Å². The molecule has 0 bridgehead atoms. The molecule has 0 aliphatic carbocycles. The Morgan fingerprint density at radius 1 is 1.47 bits per heavy atom.